The van der Waals surface area contributed by atoms with Gasteiger partial charge in [0.25, 0.3) is 0 Å². The van der Waals surface area contributed by atoms with E-state index in [1.54, 1.807) is 0 Å². The van der Waals surface area contributed by atoms with Crippen molar-refractivity contribution in [3.05, 3.63) is 85.1 Å². The van der Waals surface area contributed by atoms with Gasteiger partial charge in [-0.15, -0.1) is 0 Å². The molecule has 372 valence electrons. The van der Waals surface area contributed by atoms with Gasteiger partial charge in [-0.05, 0) is 96.3 Å². The molecule has 0 aromatic carbocycles. The lowest BCUT2D eigenvalue weighted by atomic mass is 10.1. The van der Waals surface area contributed by atoms with Gasteiger partial charge in [0.1, 0.15) is 13.2 Å². The molecule has 0 N–H and O–H groups in total. The van der Waals surface area contributed by atoms with E-state index in [0.29, 0.717) is 19.3 Å². The van der Waals surface area contributed by atoms with Crippen LogP contribution in [0.1, 0.15) is 252 Å². The van der Waals surface area contributed by atoms with Gasteiger partial charge in [0.2, 0.25) is 0 Å². The van der Waals surface area contributed by atoms with E-state index in [4.69, 9.17) is 14.2 Å². The predicted octanol–water partition coefficient (Wildman–Crippen LogP) is 18.0. The van der Waals surface area contributed by atoms with Gasteiger partial charge in [-0.3, -0.25) is 14.4 Å². The zero-order valence-electron chi connectivity index (χ0n) is 42.5. The molecule has 6 heteroatoms. The second-order valence-electron chi connectivity index (χ2n) is 17.8. The van der Waals surface area contributed by atoms with E-state index in [0.717, 1.165) is 122 Å². The molecule has 1 unspecified atom stereocenters. The number of carbonyl (C=O) groups is 3. The average Bonchev–Trinajstić information content (AvgIpc) is 3.30. The maximum Gasteiger partial charge on any atom is 0.306 e. The Morgan fingerprint density at radius 2 is 0.600 bits per heavy atom. The summed E-state index contributed by atoms with van der Waals surface area (Å²) in [6, 6.07) is 0. The summed E-state index contributed by atoms with van der Waals surface area (Å²) >= 11 is 0. The highest BCUT2D eigenvalue weighted by Gasteiger charge is 2.19. The van der Waals surface area contributed by atoms with Crippen LogP contribution in [0.2, 0.25) is 0 Å². The first-order valence-corrected chi connectivity index (χ1v) is 27.1. The van der Waals surface area contributed by atoms with Gasteiger partial charge in [-0.2, -0.15) is 0 Å². The van der Waals surface area contributed by atoms with Crippen molar-refractivity contribution in [1.82, 2.24) is 0 Å². The molecule has 0 bridgehead atoms. The van der Waals surface area contributed by atoms with Crippen LogP contribution in [-0.2, 0) is 28.6 Å². The van der Waals surface area contributed by atoms with Crippen LogP contribution in [0.25, 0.3) is 0 Å². The number of ether oxygens (including phenoxy) is 3. The Labute approximate surface area is 401 Å². The maximum atomic E-state index is 12.8. The molecule has 0 saturated carbocycles. The van der Waals surface area contributed by atoms with Crippen LogP contribution in [0.3, 0.4) is 0 Å². The van der Waals surface area contributed by atoms with Gasteiger partial charge in [-0.1, -0.05) is 221 Å². The minimum Gasteiger partial charge on any atom is -0.462 e. The maximum absolute atomic E-state index is 12.8. The number of carbonyl (C=O) groups excluding carboxylic acids is 3. The second kappa shape index (κ2) is 53.2. The average molecular weight is 905 g/mol. The molecule has 6 nitrogen and oxygen atoms in total. The Hall–Kier alpha value is -3.41. The number of hydrogen-bond acceptors (Lipinski definition) is 6. The Balaban J connectivity index is 4.29. The zero-order chi connectivity index (χ0) is 47.2. The number of rotatable bonds is 48. The summed E-state index contributed by atoms with van der Waals surface area (Å²) < 4.78 is 16.8. The van der Waals surface area contributed by atoms with Gasteiger partial charge in [-0.25, -0.2) is 0 Å². The van der Waals surface area contributed by atoms with Crippen LogP contribution < -0.4 is 0 Å². The van der Waals surface area contributed by atoms with Crippen molar-refractivity contribution in [3.8, 4) is 0 Å². The summed E-state index contributed by atoms with van der Waals surface area (Å²) in [6.07, 6.45) is 68.6. The van der Waals surface area contributed by atoms with E-state index in [1.165, 1.54) is 89.9 Å². The summed E-state index contributed by atoms with van der Waals surface area (Å²) in [7, 11) is 0. The summed E-state index contributed by atoms with van der Waals surface area (Å²) in [5, 5.41) is 0. The van der Waals surface area contributed by atoms with E-state index in [9.17, 15) is 14.4 Å². The number of allylic oxidation sites excluding steroid dienone is 14. The van der Waals surface area contributed by atoms with Crippen molar-refractivity contribution < 1.29 is 28.6 Å². The lowest BCUT2D eigenvalue weighted by Crippen LogP contribution is -2.30. The van der Waals surface area contributed by atoms with Crippen molar-refractivity contribution >= 4 is 17.9 Å². The molecular formula is C59H100O6. The van der Waals surface area contributed by atoms with Crippen LogP contribution in [-0.4, -0.2) is 37.2 Å². The van der Waals surface area contributed by atoms with Crippen molar-refractivity contribution in [2.45, 2.75) is 258 Å². The molecule has 0 fully saturated rings. The smallest absolute Gasteiger partial charge is 0.306 e. The monoisotopic (exact) mass is 905 g/mol. The normalized spacial score (nSPS) is 12.7. The Kier molecular flexibility index (Phi) is 50.4. The largest absolute Gasteiger partial charge is 0.462 e. The lowest BCUT2D eigenvalue weighted by Gasteiger charge is -2.18. The molecule has 0 saturated heterocycles. The van der Waals surface area contributed by atoms with Crippen molar-refractivity contribution in [3.63, 3.8) is 0 Å². The standard InChI is InChI=1S/C59H100O6/c1-4-7-10-13-16-19-22-24-25-26-27-28-29-30-31-32-33-34-35-36-38-40-43-46-49-52-58(61)64-55-56(54-63-57(60)51-48-45-42-39-21-18-15-12-9-6-3)65-59(62)53-50-47-44-41-37-23-20-17-14-11-8-5-2/h7,10,16-17,19-20,24-25,27-28,30-31,33-34,56H,4-6,8-9,11-15,18,21-23,26,29,32,35-55H2,1-3H3/b10-7-,19-16-,20-17-,25-24-,28-27-,31-30-,34-33-. The first-order chi connectivity index (χ1) is 32.0. The molecule has 0 aliphatic heterocycles. The molecule has 0 rings (SSSR count). The predicted molar refractivity (Wildman–Crippen MR) is 279 cm³/mol. The molecule has 0 aliphatic carbocycles. The van der Waals surface area contributed by atoms with Gasteiger partial charge >= 0.3 is 17.9 Å². The third-order valence-corrected chi connectivity index (χ3v) is 11.4. The Bertz CT molecular complexity index is 1270. The highest BCUT2D eigenvalue weighted by molar-refractivity contribution is 5.71. The fourth-order valence-electron chi connectivity index (χ4n) is 7.32. The minimum atomic E-state index is -0.784. The van der Waals surface area contributed by atoms with Crippen LogP contribution in [0.4, 0.5) is 0 Å². The minimum absolute atomic E-state index is 0.0832. The molecule has 0 amide bonds. The van der Waals surface area contributed by atoms with Gasteiger partial charge < -0.3 is 14.2 Å². The molecule has 0 spiro atoms. The SMILES string of the molecule is CC/C=C\C/C=C\C/C=C\C/C=C\C/C=C\C/C=C\CCCCCCCCC(=O)OCC(COC(=O)CCCCCCCCCCCC)OC(=O)CCCCCCC/C=C\CCCCC. The highest BCUT2D eigenvalue weighted by atomic mass is 16.6. The quantitative estimate of drug-likeness (QED) is 0.0262. The molecule has 1 atom stereocenters. The zero-order valence-corrected chi connectivity index (χ0v) is 42.5. The molecule has 0 heterocycles. The first-order valence-electron chi connectivity index (χ1n) is 27.1. The van der Waals surface area contributed by atoms with E-state index >= 15 is 0 Å². The number of unbranched alkanes of at least 4 members (excludes halogenated alkanes) is 23. The summed E-state index contributed by atoms with van der Waals surface area (Å²) in [5.74, 6) is -0.908. The molecule has 0 aliphatic rings. The van der Waals surface area contributed by atoms with E-state index in [1.807, 2.05) is 0 Å². The van der Waals surface area contributed by atoms with Crippen LogP contribution >= 0.6 is 0 Å². The number of hydrogen-bond donors (Lipinski definition) is 0. The summed E-state index contributed by atoms with van der Waals surface area (Å²) in [5.41, 5.74) is 0. The fraction of sp³-hybridized carbons (Fsp3) is 0.712. The second-order valence-corrected chi connectivity index (χ2v) is 17.8. The molecule has 65 heavy (non-hydrogen) atoms. The Morgan fingerprint density at radius 1 is 0.323 bits per heavy atom. The molecule has 0 aromatic heterocycles. The highest BCUT2D eigenvalue weighted by Crippen LogP contribution is 2.14. The van der Waals surface area contributed by atoms with E-state index in [-0.39, 0.29) is 31.1 Å². The third-order valence-electron chi connectivity index (χ3n) is 11.4. The van der Waals surface area contributed by atoms with Gasteiger partial charge in [0, 0.05) is 19.3 Å². The van der Waals surface area contributed by atoms with Crippen molar-refractivity contribution in [2.24, 2.45) is 0 Å². The fourth-order valence-corrected chi connectivity index (χ4v) is 7.32. The topological polar surface area (TPSA) is 78.9 Å². The summed E-state index contributed by atoms with van der Waals surface area (Å²) in [4.78, 5) is 37.9. The van der Waals surface area contributed by atoms with Gasteiger partial charge in [0.15, 0.2) is 6.10 Å². The first kappa shape index (κ1) is 61.6. The number of esters is 3. The Morgan fingerprint density at radius 3 is 0.985 bits per heavy atom. The van der Waals surface area contributed by atoms with Gasteiger partial charge in [0.05, 0.1) is 0 Å². The lowest BCUT2D eigenvalue weighted by molar-refractivity contribution is -0.167. The van der Waals surface area contributed by atoms with Crippen molar-refractivity contribution in [2.75, 3.05) is 13.2 Å². The third kappa shape index (κ3) is 51.4. The van der Waals surface area contributed by atoms with Crippen molar-refractivity contribution in [1.29, 1.82) is 0 Å². The van der Waals surface area contributed by atoms with E-state index in [2.05, 4.69) is 106 Å². The van der Waals surface area contributed by atoms with E-state index < -0.39 is 6.10 Å². The molecule has 0 aromatic rings. The van der Waals surface area contributed by atoms with Crippen LogP contribution in [0.15, 0.2) is 85.1 Å². The van der Waals surface area contributed by atoms with Crippen LogP contribution in [0, 0.1) is 0 Å². The molecular weight excluding hydrogens is 805 g/mol. The molecule has 0 radical (unpaired) electrons. The summed E-state index contributed by atoms with van der Waals surface area (Å²) in [6.45, 7) is 6.47. The van der Waals surface area contributed by atoms with Crippen LogP contribution in [0.5, 0.6) is 0 Å².